The van der Waals surface area contributed by atoms with Gasteiger partial charge in [0.05, 0.1) is 12.3 Å². The second kappa shape index (κ2) is 9.27. The third-order valence-electron chi connectivity index (χ3n) is 4.35. The number of H-pyrrole nitrogens is 1. The monoisotopic (exact) mass is 483 g/mol. The Morgan fingerprint density at radius 1 is 1.10 bits per heavy atom. The number of pyridine rings is 1. The SMILES string of the molecule is CN(Cc1ccc(-c2ccc(Br)cc2)o1)C(=O)CSc1n[nH]c(-c2ccncc2)n1. The summed E-state index contributed by atoms with van der Waals surface area (Å²) in [6.07, 6.45) is 3.39. The summed E-state index contributed by atoms with van der Waals surface area (Å²) in [6, 6.07) is 15.4. The van der Waals surface area contributed by atoms with Gasteiger partial charge in [-0.2, -0.15) is 0 Å². The number of furan rings is 1. The van der Waals surface area contributed by atoms with Crippen LogP contribution in [0.3, 0.4) is 0 Å². The molecule has 0 radical (unpaired) electrons. The maximum absolute atomic E-state index is 12.5. The van der Waals surface area contributed by atoms with Crippen molar-refractivity contribution in [3.8, 4) is 22.7 Å². The summed E-state index contributed by atoms with van der Waals surface area (Å²) in [5, 5.41) is 7.58. The van der Waals surface area contributed by atoms with Gasteiger partial charge in [-0.1, -0.05) is 39.8 Å². The standard InChI is InChI=1S/C21H18BrN5O2S/c1-27(12-17-6-7-18(29-17)14-2-4-16(22)5-3-14)19(28)13-30-21-24-20(25-26-21)15-8-10-23-11-9-15/h2-11H,12-13H2,1H3,(H,24,25,26). The van der Waals surface area contributed by atoms with Crippen LogP contribution in [0.1, 0.15) is 5.76 Å². The molecule has 0 spiro atoms. The zero-order valence-corrected chi connectivity index (χ0v) is 18.5. The molecule has 4 rings (SSSR count). The van der Waals surface area contributed by atoms with Crippen LogP contribution < -0.4 is 0 Å². The van der Waals surface area contributed by atoms with Crippen LogP contribution in [0.5, 0.6) is 0 Å². The van der Waals surface area contributed by atoms with Gasteiger partial charge in [-0.15, -0.1) is 5.10 Å². The normalized spacial score (nSPS) is 10.9. The van der Waals surface area contributed by atoms with E-state index in [4.69, 9.17) is 4.42 Å². The van der Waals surface area contributed by atoms with Crippen molar-refractivity contribution in [3.05, 3.63) is 71.2 Å². The number of hydrogen-bond acceptors (Lipinski definition) is 6. The lowest BCUT2D eigenvalue weighted by molar-refractivity contribution is -0.127. The number of aromatic amines is 1. The molecule has 3 heterocycles. The Hall–Kier alpha value is -2.91. The van der Waals surface area contributed by atoms with Crippen molar-refractivity contribution < 1.29 is 9.21 Å². The zero-order chi connectivity index (χ0) is 20.9. The van der Waals surface area contributed by atoms with Crippen LogP contribution in [0.4, 0.5) is 0 Å². The smallest absolute Gasteiger partial charge is 0.233 e. The van der Waals surface area contributed by atoms with Gasteiger partial charge in [-0.05, 0) is 36.4 Å². The molecule has 0 saturated carbocycles. The number of aromatic nitrogens is 4. The molecule has 0 aliphatic heterocycles. The van der Waals surface area contributed by atoms with E-state index in [0.29, 0.717) is 17.5 Å². The van der Waals surface area contributed by atoms with Gasteiger partial charge < -0.3 is 9.32 Å². The van der Waals surface area contributed by atoms with Crippen LogP contribution in [-0.2, 0) is 11.3 Å². The van der Waals surface area contributed by atoms with Gasteiger partial charge in [0.1, 0.15) is 11.5 Å². The third-order valence-corrected chi connectivity index (χ3v) is 5.71. The number of nitrogens with one attached hydrogen (secondary N) is 1. The quantitative estimate of drug-likeness (QED) is 0.385. The lowest BCUT2D eigenvalue weighted by atomic mass is 10.2. The zero-order valence-electron chi connectivity index (χ0n) is 16.1. The molecule has 152 valence electrons. The van der Waals surface area contributed by atoms with E-state index in [9.17, 15) is 4.79 Å². The van der Waals surface area contributed by atoms with Crippen molar-refractivity contribution in [2.45, 2.75) is 11.7 Å². The predicted octanol–water partition coefficient (Wildman–Crippen LogP) is 4.64. The molecule has 4 aromatic rings. The van der Waals surface area contributed by atoms with E-state index >= 15 is 0 Å². The molecular formula is C21H18BrN5O2S. The number of carbonyl (C=O) groups excluding carboxylic acids is 1. The highest BCUT2D eigenvalue weighted by Crippen LogP contribution is 2.25. The molecule has 1 aromatic carbocycles. The predicted molar refractivity (Wildman–Crippen MR) is 119 cm³/mol. The number of thioether (sulfide) groups is 1. The van der Waals surface area contributed by atoms with Crippen LogP contribution in [0.2, 0.25) is 0 Å². The van der Waals surface area contributed by atoms with Crippen LogP contribution in [-0.4, -0.2) is 43.8 Å². The minimum absolute atomic E-state index is 0.0307. The number of rotatable bonds is 7. The van der Waals surface area contributed by atoms with Gasteiger partial charge in [0, 0.05) is 35.0 Å². The summed E-state index contributed by atoms with van der Waals surface area (Å²) < 4.78 is 6.91. The second-order valence-corrected chi connectivity index (χ2v) is 8.37. The van der Waals surface area contributed by atoms with Gasteiger partial charge in [0.2, 0.25) is 11.1 Å². The van der Waals surface area contributed by atoms with Crippen LogP contribution in [0, 0.1) is 0 Å². The molecule has 9 heteroatoms. The number of benzene rings is 1. The summed E-state index contributed by atoms with van der Waals surface area (Å²) >= 11 is 4.72. The minimum Gasteiger partial charge on any atom is -0.459 e. The molecule has 7 nitrogen and oxygen atoms in total. The maximum Gasteiger partial charge on any atom is 0.233 e. The minimum atomic E-state index is -0.0307. The molecule has 0 bridgehead atoms. The summed E-state index contributed by atoms with van der Waals surface area (Å²) in [5.41, 5.74) is 1.88. The van der Waals surface area contributed by atoms with E-state index < -0.39 is 0 Å². The van der Waals surface area contributed by atoms with Crippen molar-refractivity contribution in [3.63, 3.8) is 0 Å². The molecule has 0 saturated heterocycles. The summed E-state index contributed by atoms with van der Waals surface area (Å²) in [4.78, 5) is 22.5. The highest BCUT2D eigenvalue weighted by molar-refractivity contribution is 9.10. The van der Waals surface area contributed by atoms with E-state index in [0.717, 1.165) is 27.1 Å². The molecule has 3 aromatic heterocycles. The molecule has 30 heavy (non-hydrogen) atoms. The van der Waals surface area contributed by atoms with Crippen LogP contribution in [0.25, 0.3) is 22.7 Å². The Morgan fingerprint density at radius 3 is 2.63 bits per heavy atom. The van der Waals surface area contributed by atoms with Crippen LogP contribution >= 0.6 is 27.7 Å². The Kier molecular flexibility index (Phi) is 6.29. The first-order valence-electron chi connectivity index (χ1n) is 9.13. The van der Waals surface area contributed by atoms with E-state index in [1.54, 1.807) is 24.3 Å². The average Bonchev–Trinajstić information content (AvgIpc) is 3.43. The summed E-state index contributed by atoms with van der Waals surface area (Å²) in [7, 11) is 1.76. The lowest BCUT2D eigenvalue weighted by Crippen LogP contribution is -2.27. The number of amides is 1. The van der Waals surface area contributed by atoms with E-state index in [1.807, 2.05) is 48.5 Å². The molecule has 0 unspecified atom stereocenters. The van der Waals surface area contributed by atoms with Crippen molar-refractivity contribution in [1.29, 1.82) is 0 Å². The maximum atomic E-state index is 12.5. The summed E-state index contributed by atoms with van der Waals surface area (Å²) in [5.74, 6) is 2.36. The van der Waals surface area contributed by atoms with Crippen molar-refractivity contribution in [2.75, 3.05) is 12.8 Å². The summed E-state index contributed by atoms with van der Waals surface area (Å²) in [6.45, 7) is 0.395. The van der Waals surface area contributed by atoms with Gasteiger partial charge in [0.15, 0.2) is 5.82 Å². The van der Waals surface area contributed by atoms with Crippen molar-refractivity contribution in [2.24, 2.45) is 0 Å². The Labute approximate surface area is 186 Å². The van der Waals surface area contributed by atoms with Crippen LogP contribution in [0.15, 0.2) is 75.0 Å². The fourth-order valence-corrected chi connectivity index (χ4v) is 3.74. The fourth-order valence-electron chi connectivity index (χ4n) is 2.74. The first-order valence-corrected chi connectivity index (χ1v) is 10.9. The number of halogens is 1. The fraction of sp³-hybridized carbons (Fsp3) is 0.143. The molecule has 0 aliphatic rings. The van der Waals surface area contributed by atoms with Gasteiger partial charge in [-0.25, -0.2) is 4.98 Å². The highest BCUT2D eigenvalue weighted by Gasteiger charge is 2.14. The first kappa shape index (κ1) is 20.4. The molecule has 1 amide bonds. The second-order valence-electron chi connectivity index (χ2n) is 6.51. The van der Waals surface area contributed by atoms with Gasteiger partial charge >= 0.3 is 0 Å². The molecule has 1 N–H and O–H groups in total. The molecule has 0 aliphatic carbocycles. The van der Waals surface area contributed by atoms with Gasteiger partial charge in [0.25, 0.3) is 0 Å². The van der Waals surface area contributed by atoms with E-state index in [2.05, 4.69) is 36.1 Å². The number of carbonyl (C=O) groups is 1. The highest BCUT2D eigenvalue weighted by atomic mass is 79.9. The number of hydrogen-bond donors (Lipinski definition) is 1. The lowest BCUT2D eigenvalue weighted by Gasteiger charge is -2.14. The Balaban J connectivity index is 1.31. The number of nitrogens with zero attached hydrogens (tertiary/aromatic N) is 4. The van der Waals surface area contributed by atoms with E-state index in [1.165, 1.54) is 11.8 Å². The van der Waals surface area contributed by atoms with Gasteiger partial charge in [-0.3, -0.25) is 14.9 Å². The largest absolute Gasteiger partial charge is 0.459 e. The Morgan fingerprint density at radius 2 is 1.87 bits per heavy atom. The average molecular weight is 484 g/mol. The molecule has 0 atom stereocenters. The van der Waals surface area contributed by atoms with E-state index in [-0.39, 0.29) is 11.7 Å². The Bertz CT molecular complexity index is 1130. The molecular weight excluding hydrogens is 466 g/mol. The third kappa shape index (κ3) is 4.98. The van der Waals surface area contributed by atoms with Crippen molar-refractivity contribution in [1.82, 2.24) is 25.1 Å². The molecule has 0 fully saturated rings. The first-order chi connectivity index (χ1) is 14.6. The van der Waals surface area contributed by atoms with Crippen molar-refractivity contribution >= 4 is 33.6 Å². The topological polar surface area (TPSA) is 87.9 Å².